The Bertz CT molecular complexity index is 384. The number of nitrogens with one attached hydrogen (secondary N) is 2. The fraction of sp³-hybridized carbons (Fsp3) is 0.692. The molecule has 5 nitrogen and oxygen atoms in total. The summed E-state index contributed by atoms with van der Waals surface area (Å²) in [6.45, 7) is 9.04. The van der Waals surface area contributed by atoms with E-state index >= 15 is 0 Å². The maximum atomic E-state index is 5.26. The number of hydrogen-bond donors (Lipinski definition) is 2. The molecule has 0 aliphatic rings. The second-order valence-corrected chi connectivity index (χ2v) is 4.75. The summed E-state index contributed by atoms with van der Waals surface area (Å²) < 4.78 is 5.26. The van der Waals surface area contributed by atoms with E-state index in [2.05, 4.69) is 48.5 Å². The van der Waals surface area contributed by atoms with Crippen LogP contribution in [0.5, 0.6) is 0 Å². The minimum atomic E-state index is 0.389. The van der Waals surface area contributed by atoms with Crippen LogP contribution < -0.4 is 10.6 Å². The van der Waals surface area contributed by atoms with Gasteiger partial charge in [-0.1, -0.05) is 25.9 Å². The normalized spacial score (nSPS) is 13.8. The summed E-state index contributed by atoms with van der Waals surface area (Å²) >= 11 is 0. The van der Waals surface area contributed by atoms with Crippen molar-refractivity contribution in [2.24, 2.45) is 4.99 Å². The lowest BCUT2D eigenvalue weighted by atomic mass is 10.1. The average molecular weight is 252 g/mol. The molecule has 0 saturated heterocycles. The van der Waals surface area contributed by atoms with E-state index in [-0.39, 0.29) is 0 Å². The largest absolute Gasteiger partial charge is 0.359 e. The maximum absolute atomic E-state index is 5.26. The molecule has 18 heavy (non-hydrogen) atoms. The van der Waals surface area contributed by atoms with Gasteiger partial charge in [-0.2, -0.15) is 0 Å². The van der Waals surface area contributed by atoms with Crippen molar-refractivity contribution < 1.29 is 4.52 Å². The number of nitrogens with zero attached hydrogens (tertiary/aromatic N) is 2. The van der Waals surface area contributed by atoms with Crippen LogP contribution in [0.25, 0.3) is 0 Å². The SMILES string of the molecule is CCC(C)NC(=NC)NCc1cc(C(C)C)no1. The summed E-state index contributed by atoms with van der Waals surface area (Å²) in [7, 11) is 1.76. The Balaban J connectivity index is 2.47. The highest BCUT2D eigenvalue weighted by Crippen LogP contribution is 2.13. The van der Waals surface area contributed by atoms with Gasteiger partial charge >= 0.3 is 0 Å². The lowest BCUT2D eigenvalue weighted by Gasteiger charge is -2.15. The van der Waals surface area contributed by atoms with Gasteiger partial charge in [0.1, 0.15) is 0 Å². The van der Waals surface area contributed by atoms with Gasteiger partial charge in [-0.3, -0.25) is 4.99 Å². The van der Waals surface area contributed by atoms with E-state index in [1.54, 1.807) is 7.05 Å². The van der Waals surface area contributed by atoms with Crippen molar-refractivity contribution in [2.45, 2.75) is 52.6 Å². The first-order valence-electron chi connectivity index (χ1n) is 6.49. The quantitative estimate of drug-likeness (QED) is 0.623. The molecule has 1 atom stereocenters. The van der Waals surface area contributed by atoms with Crippen LogP contribution in [0.4, 0.5) is 0 Å². The number of guanidine groups is 1. The van der Waals surface area contributed by atoms with Gasteiger partial charge in [0.2, 0.25) is 0 Å². The van der Waals surface area contributed by atoms with Crippen molar-refractivity contribution in [3.8, 4) is 0 Å². The standard InChI is InChI=1S/C13H24N4O/c1-6-10(4)16-13(14-5)15-8-11-7-12(9(2)3)17-18-11/h7,9-10H,6,8H2,1-5H3,(H2,14,15,16). The predicted octanol–water partition coefficient (Wildman–Crippen LogP) is 2.26. The van der Waals surface area contributed by atoms with Gasteiger partial charge in [0, 0.05) is 19.2 Å². The monoisotopic (exact) mass is 252 g/mol. The molecule has 1 rings (SSSR count). The molecule has 1 heterocycles. The van der Waals surface area contributed by atoms with Crippen LogP contribution in [0.3, 0.4) is 0 Å². The summed E-state index contributed by atoms with van der Waals surface area (Å²) in [5.41, 5.74) is 0.983. The molecule has 0 amide bonds. The number of hydrogen-bond acceptors (Lipinski definition) is 3. The molecule has 0 radical (unpaired) electrons. The van der Waals surface area contributed by atoms with Gasteiger partial charge in [-0.05, 0) is 19.3 Å². The van der Waals surface area contributed by atoms with Gasteiger partial charge in [-0.15, -0.1) is 0 Å². The van der Waals surface area contributed by atoms with E-state index in [0.717, 1.165) is 23.8 Å². The van der Waals surface area contributed by atoms with E-state index < -0.39 is 0 Å². The van der Waals surface area contributed by atoms with E-state index in [4.69, 9.17) is 4.52 Å². The summed E-state index contributed by atoms with van der Waals surface area (Å²) in [5, 5.41) is 10.5. The number of rotatable bonds is 5. The Morgan fingerprint density at radius 1 is 1.44 bits per heavy atom. The first-order chi connectivity index (χ1) is 8.56. The molecule has 0 spiro atoms. The first kappa shape index (κ1) is 14.5. The number of aliphatic imine (C=N–C) groups is 1. The molecule has 1 unspecified atom stereocenters. The summed E-state index contributed by atoms with van der Waals surface area (Å²) in [5.74, 6) is 2.00. The molecule has 0 aliphatic heterocycles. The van der Waals surface area contributed by atoms with Crippen LogP contribution in [-0.2, 0) is 6.54 Å². The molecular formula is C13H24N4O. The predicted molar refractivity (Wildman–Crippen MR) is 73.7 cm³/mol. The maximum Gasteiger partial charge on any atom is 0.191 e. The zero-order valence-corrected chi connectivity index (χ0v) is 11.9. The van der Waals surface area contributed by atoms with Gasteiger partial charge in [0.25, 0.3) is 0 Å². The van der Waals surface area contributed by atoms with Gasteiger partial charge < -0.3 is 15.2 Å². The lowest BCUT2D eigenvalue weighted by Crippen LogP contribution is -2.41. The molecule has 0 aromatic carbocycles. The van der Waals surface area contributed by atoms with Gasteiger partial charge in [-0.25, -0.2) is 0 Å². The third-order valence-electron chi connectivity index (χ3n) is 2.82. The Hall–Kier alpha value is -1.52. The Morgan fingerprint density at radius 3 is 2.67 bits per heavy atom. The molecule has 0 bridgehead atoms. The fourth-order valence-electron chi connectivity index (χ4n) is 1.39. The van der Waals surface area contributed by atoms with E-state index in [1.807, 2.05) is 6.07 Å². The third kappa shape index (κ3) is 4.39. The molecule has 102 valence electrons. The van der Waals surface area contributed by atoms with Crippen molar-refractivity contribution in [3.05, 3.63) is 17.5 Å². The average Bonchev–Trinajstić information content (AvgIpc) is 2.83. The van der Waals surface area contributed by atoms with Crippen LogP contribution in [0, 0.1) is 0 Å². The topological polar surface area (TPSA) is 62.5 Å². The van der Waals surface area contributed by atoms with E-state index in [9.17, 15) is 0 Å². The van der Waals surface area contributed by atoms with Crippen LogP contribution in [-0.4, -0.2) is 24.2 Å². The molecular weight excluding hydrogens is 228 g/mol. The zero-order chi connectivity index (χ0) is 13.5. The minimum absolute atomic E-state index is 0.389. The Kier molecular flexibility index (Phi) is 5.68. The van der Waals surface area contributed by atoms with Crippen LogP contribution in [0.2, 0.25) is 0 Å². The highest BCUT2D eigenvalue weighted by Gasteiger charge is 2.08. The molecule has 2 N–H and O–H groups in total. The number of aromatic nitrogens is 1. The third-order valence-corrected chi connectivity index (χ3v) is 2.82. The second-order valence-electron chi connectivity index (χ2n) is 4.75. The van der Waals surface area contributed by atoms with Crippen molar-refractivity contribution in [2.75, 3.05) is 7.05 Å². The highest BCUT2D eigenvalue weighted by molar-refractivity contribution is 5.79. The van der Waals surface area contributed by atoms with Crippen LogP contribution >= 0.6 is 0 Å². The van der Waals surface area contributed by atoms with Crippen molar-refractivity contribution in [3.63, 3.8) is 0 Å². The van der Waals surface area contributed by atoms with Crippen molar-refractivity contribution in [1.29, 1.82) is 0 Å². The summed E-state index contributed by atoms with van der Waals surface area (Å²) in [6.07, 6.45) is 1.06. The van der Waals surface area contributed by atoms with Crippen LogP contribution in [0.15, 0.2) is 15.6 Å². The Morgan fingerprint density at radius 2 is 2.17 bits per heavy atom. The van der Waals surface area contributed by atoms with Crippen molar-refractivity contribution >= 4 is 5.96 Å². The summed E-state index contributed by atoms with van der Waals surface area (Å²) in [4.78, 5) is 4.17. The fourth-order valence-corrected chi connectivity index (χ4v) is 1.39. The van der Waals surface area contributed by atoms with E-state index in [0.29, 0.717) is 18.5 Å². The molecule has 0 saturated carbocycles. The Labute approximate surface area is 109 Å². The van der Waals surface area contributed by atoms with Gasteiger partial charge in [0.05, 0.1) is 12.2 Å². The highest BCUT2D eigenvalue weighted by atomic mass is 16.5. The van der Waals surface area contributed by atoms with E-state index in [1.165, 1.54) is 0 Å². The second kappa shape index (κ2) is 7.03. The molecule has 0 aliphatic carbocycles. The van der Waals surface area contributed by atoms with Gasteiger partial charge in [0.15, 0.2) is 11.7 Å². The molecule has 0 fully saturated rings. The minimum Gasteiger partial charge on any atom is -0.359 e. The molecule has 5 heteroatoms. The lowest BCUT2D eigenvalue weighted by molar-refractivity contribution is 0.371. The smallest absolute Gasteiger partial charge is 0.191 e. The molecule has 1 aromatic rings. The molecule has 1 aromatic heterocycles. The van der Waals surface area contributed by atoms with Crippen LogP contribution in [0.1, 0.15) is 51.5 Å². The first-order valence-corrected chi connectivity index (χ1v) is 6.49. The summed E-state index contributed by atoms with van der Waals surface area (Å²) in [6, 6.07) is 2.38. The zero-order valence-electron chi connectivity index (χ0n) is 11.9. The van der Waals surface area contributed by atoms with Crippen molar-refractivity contribution in [1.82, 2.24) is 15.8 Å².